The van der Waals surface area contributed by atoms with Crippen LogP contribution in [0.5, 0.6) is 0 Å². The van der Waals surface area contributed by atoms with Gasteiger partial charge in [-0.25, -0.2) is 9.50 Å². The van der Waals surface area contributed by atoms with Crippen LogP contribution in [-0.2, 0) is 6.54 Å². The Balaban J connectivity index is 1.47. The number of fused-ring (bicyclic) bond motifs is 2. The summed E-state index contributed by atoms with van der Waals surface area (Å²) in [5.74, 6) is 1.48. The molecule has 1 amide bonds. The van der Waals surface area contributed by atoms with Gasteiger partial charge in [-0.15, -0.1) is 21.5 Å². The maximum atomic E-state index is 13.0. The summed E-state index contributed by atoms with van der Waals surface area (Å²) in [6.07, 6.45) is 3.16. The number of hydrogen-bond acceptors (Lipinski definition) is 6. The van der Waals surface area contributed by atoms with E-state index in [1.54, 1.807) is 28.5 Å². The van der Waals surface area contributed by atoms with Crippen LogP contribution in [0.2, 0.25) is 5.02 Å². The molecular weight excluding hydrogens is 386 g/mol. The molecule has 1 aliphatic rings. The molecule has 0 aromatic carbocycles. The third-order valence-corrected chi connectivity index (χ3v) is 5.75. The van der Waals surface area contributed by atoms with Gasteiger partial charge in [0.1, 0.15) is 0 Å². The van der Waals surface area contributed by atoms with Gasteiger partial charge in [0.25, 0.3) is 5.91 Å². The third kappa shape index (κ3) is 2.62. The van der Waals surface area contributed by atoms with Gasteiger partial charge < -0.3 is 9.47 Å². The predicted octanol–water partition coefficient (Wildman–Crippen LogP) is 2.92. The Bertz CT molecular complexity index is 1150. The monoisotopic (exact) mass is 399 g/mol. The Kier molecular flexibility index (Phi) is 3.73. The second-order valence-electron chi connectivity index (χ2n) is 6.29. The fourth-order valence-corrected chi connectivity index (χ4v) is 4.22. The molecule has 0 saturated carbocycles. The first kappa shape index (κ1) is 16.4. The SMILES string of the molecule is CC1c2nnc(-c3cccs3)n2CCN1C(=O)c1cc2ncc(Cl)cn2n1. The van der Waals surface area contributed by atoms with Crippen LogP contribution in [0.15, 0.2) is 36.0 Å². The van der Waals surface area contributed by atoms with E-state index in [2.05, 4.69) is 24.8 Å². The van der Waals surface area contributed by atoms with Crippen LogP contribution >= 0.6 is 22.9 Å². The number of aromatic nitrogens is 6. The van der Waals surface area contributed by atoms with Gasteiger partial charge in [-0.05, 0) is 18.4 Å². The second-order valence-corrected chi connectivity index (χ2v) is 7.67. The maximum Gasteiger partial charge on any atom is 0.275 e. The lowest BCUT2D eigenvalue weighted by Gasteiger charge is -2.33. The van der Waals surface area contributed by atoms with Crippen molar-refractivity contribution in [3.63, 3.8) is 0 Å². The van der Waals surface area contributed by atoms with Gasteiger partial charge in [-0.1, -0.05) is 17.7 Å². The van der Waals surface area contributed by atoms with Crippen LogP contribution in [0.3, 0.4) is 0 Å². The molecule has 136 valence electrons. The van der Waals surface area contributed by atoms with Crippen LogP contribution in [0.4, 0.5) is 0 Å². The van der Waals surface area contributed by atoms with E-state index in [4.69, 9.17) is 11.6 Å². The van der Waals surface area contributed by atoms with Gasteiger partial charge in [0.15, 0.2) is 23.0 Å². The maximum absolute atomic E-state index is 13.0. The minimum Gasteiger partial charge on any atom is -0.325 e. The average molecular weight is 400 g/mol. The number of halogens is 1. The molecule has 0 saturated heterocycles. The molecule has 5 rings (SSSR count). The second kappa shape index (κ2) is 6.14. The number of hydrogen-bond donors (Lipinski definition) is 0. The Hall–Kier alpha value is -2.78. The van der Waals surface area contributed by atoms with E-state index in [0.29, 0.717) is 29.5 Å². The van der Waals surface area contributed by atoms with E-state index in [-0.39, 0.29) is 11.9 Å². The van der Waals surface area contributed by atoms with Crippen LogP contribution in [0, 0.1) is 0 Å². The summed E-state index contributed by atoms with van der Waals surface area (Å²) in [4.78, 5) is 20.1. The van der Waals surface area contributed by atoms with Crippen molar-refractivity contribution in [1.29, 1.82) is 0 Å². The van der Waals surface area contributed by atoms with Crippen LogP contribution in [0.25, 0.3) is 16.3 Å². The van der Waals surface area contributed by atoms with Gasteiger partial charge >= 0.3 is 0 Å². The summed E-state index contributed by atoms with van der Waals surface area (Å²) in [5.41, 5.74) is 0.915. The Morgan fingerprint density at radius 1 is 1.33 bits per heavy atom. The molecule has 0 spiro atoms. The van der Waals surface area contributed by atoms with Crippen molar-refractivity contribution in [3.05, 3.63) is 52.5 Å². The standard InChI is InChI=1S/C17H14ClN7OS/c1-10-15-20-21-16(13-3-2-6-27-13)24(15)5-4-23(10)17(26)12-7-14-19-8-11(18)9-25(14)22-12/h2-3,6-10H,4-5H2,1H3. The number of thiophene rings is 1. The summed E-state index contributed by atoms with van der Waals surface area (Å²) in [5, 5.41) is 15.5. The third-order valence-electron chi connectivity index (χ3n) is 4.69. The summed E-state index contributed by atoms with van der Waals surface area (Å²) in [7, 11) is 0. The molecule has 1 unspecified atom stereocenters. The minimum atomic E-state index is -0.200. The lowest BCUT2D eigenvalue weighted by molar-refractivity contribution is 0.0632. The molecule has 0 radical (unpaired) electrons. The van der Waals surface area contributed by atoms with E-state index in [9.17, 15) is 4.79 Å². The summed E-state index contributed by atoms with van der Waals surface area (Å²) in [6.45, 7) is 3.16. The molecule has 4 aromatic rings. The van der Waals surface area contributed by atoms with Crippen molar-refractivity contribution < 1.29 is 4.79 Å². The summed E-state index contributed by atoms with van der Waals surface area (Å²) in [6, 6.07) is 5.49. The topological polar surface area (TPSA) is 81.2 Å². The van der Waals surface area contributed by atoms with E-state index in [0.717, 1.165) is 16.5 Å². The number of rotatable bonds is 2. The molecule has 0 bridgehead atoms. The zero-order valence-electron chi connectivity index (χ0n) is 14.3. The van der Waals surface area contributed by atoms with Crippen molar-refractivity contribution >= 4 is 34.5 Å². The van der Waals surface area contributed by atoms with Crippen molar-refractivity contribution in [1.82, 2.24) is 34.3 Å². The van der Waals surface area contributed by atoms with Crippen molar-refractivity contribution in [2.45, 2.75) is 19.5 Å². The summed E-state index contributed by atoms with van der Waals surface area (Å²) < 4.78 is 3.60. The molecule has 5 heterocycles. The zero-order chi connectivity index (χ0) is 18.5. The number of amides is 1. The van der Waals surface area contributed by atoms with Crippen molar-refractivity contribution in [2.24, 2.45) is 0 Å². The van der Waals surface area contributed by atoms with Crippen LogP contribution in [-0.4, -0.2) is 46.7 Å². The molecule has 0 fully saturated rings. The van der Waals surface area contributed by atoms with Gasteiger partial charge in [0, 0.05) is 25.4 Å². The molecule has 27 heavy (non-hydrogen) atoms. The van der Waals surface area contributed by atoms with Gasteiger partial charge in [0.05, 0.1) is 22.1 Å². The van der Waals surface area contributed by atoms with Gasteiger partial charge in [-0.2, -0.15) is 5.10 Å². The molecule has 1 aliphatic heterocycles. The predicted molar refractivity (Wildman–Crippen MR) is 101 cm³/mol. The first-order valence-electron chi connectivity index (χ1n) is 8.40. The molecule has 10 heteroatoms. The van der Waals surface area contributed by atoms with Crippen molar-refractivity contribution in [3.8, 4) is 10.7 Å². The lowest BCUT2D eigenvalue weighted by atomic mass is 10.2. The molecule has 0 N–H and O–H groups in total. The molecule has 8 nitrogen and oxygen atoms in total. The Morgan fingerprint density at radius 2 is 2.22 bits per heavy atom. The Morgan fingerprint density at radius 3 is 3.04 bits per heavy atom. The van der Waals surface area contributed by atoms with Crippen LogP contribution < -0.4 is 0 Å². The highest BCUT2D eigenvalue weighted by Gasteiger charge is 2.33. The first-order chi connectivity index (χ1) is 13.1. The van der Waals surface area contributed by atoms with E-state index < -0.39 is 0 Å². The quantitative estimate of drug-likeness (QED) is 0.517. The smallest absolute Gasteiger partial charge is 0.275 e. The zero-order valence-corrected chi connectivity index (χ0v) is 15.9. The summed E-state index contributed by atoms with van der Waals surface area (Å²) >= 11 is 7.57. The highest BCUT2D eigenvalue weighted by atomic mass is 35.5. The van der Waals surface area contributed by atoms with Gasteiger partial charge in [-0.3, -0.25) is 4.79 Å². The van der Waals surface area contributed by atoms with E-state index >= 15 is 0 Å². The molecule has 4 aromatic heterocycles. The van der Waals surface area contributed by atoms with Crippen molar-refractivity contribution in [2.75, 3.05) is 6.54 Å². The largest absolute Gasteiger partial charge is 0.325 e. The highest BCUT2D eigenvalue weighted by molar-refractivity contribution is 7.13. The van der Waals surface area contributed by atoms with Gasteiger partial charge in [0.2, 0.25) is 0 Å². The minimum absolute atomic E-state index is 0.156. The fourth-order valence-electron chi connectivity index (χ4n) is 3.36. The number of carbonyl (C=O) groups excluding carboxylic acids is 1. The number of nitrogens with zero attached hydrogens (tertiary/aromatic N) is 7. The lowest BCUT2D eigenvalue weighted by Crippen LogP contribution is -2.41. The van der Waals surface area contributed by atoms with E-state index in [1.165, 1.54) is 10.7 Å². The highest BCUT2D eigenvalue weighted by Crippen LogP contribution is 2.31. The van der Waals surface area contributed by atoms with E-state index in [1.807, 2.05) is 24.4 Å². The van der Waals surface area contributed by atoms with Crippen LogP contribution in [0.1, 0.15) is 29.3 Å². The molecule has 0 aliphatic carbocycles. The normalized spacial score (nSPS) is 16.7. The number of carbonyl (C=O) groups is 1. The first-order valence-corrected chi connectivity index (χ1v) is 9.66. The average Bonchev–Trinajstić information content (AvgIpc) is 3.39. The Labute approximate surface area is 163 Å². The fraction of sp³-hybridized carbons (Fsp3) is 0.235. The molecular formula is C17H14ClN7OS. The molecule has 1 atom stereocenters.